The fourth-order valence-corrected chi connectivity index (χ4v) is 3.04. The number of hydrogen-bond donors (Lipinski definition) is 0. The van der Waals surface area contributed by atoms with Crippen LogP contribution >= 0.6 is 27.5 Å². The molecule has 1 fully saturated rings. The highest BCUT2D eigenvalue weighted by Crippen LogP contribution is 2.25. The van der Waals surface area contributed by atoms with Crippen LogP contribution < -0.4 is 0 Å². The molecule has 1 heterocycles. The molecule has 1 atom stereocenters. The average molecular weight is 351 g/mol. The Morgan fingerprint density at radius 1 is 1.53 bits per heavy atom. The normalized spacial score (nSPS) is 23.5. The van der Waals surface area contributed by atoms with Gasteiger partial charge in [0.25, 0.3) is 0 Å². The Labute approximate surface area is 127 Å². The predicted octanol–water partition coefficient (Wildman–Crippen LogP) is 3.85. The van der Waals surface area contributed by atoms with E-state index < -0.39 is 0 Å². The topological polar surface area (TPSA) is 12.5 Å². The molecular weight excluding hydrogens is 333 g/mol. The number of ether oxygens (including phenoxy) is 1. The van der Waals surface area contributed by atoms with E-state index in [-0.39, 0.29) is 17.5 Å². The lowest BCUT2D eigenvalue weighted by atomic mass is 10.0. The van der Waals surface area contributed by atoms with Gasteiger partial charge >= 0.3 is 0 Å². The first-order valence-corrected chi connectivity index (χ1v) is 7.79. The molecule has 2 rings (SSSR count). The zero-order chi connectivity index (χ0) is 14.0. The maximum Gasteiger partial charge on any atom is 0.123 e. The smallest absolute Gasteiger partial charge is 0.123 e. The molecule has 0 saturated carbocycles. The second-order valence-corrected chi connectivity index (χ2v) is 6.61. The van der Waals surface area contributed by atoms with Gasteiger partial charge in [-0.15, -0.1) is 0 Å². The predicted molar refractivity (Wildman–Crippen MR) is 79.4 cm³/mol. The van der Waals surface area contributed by atoms with Crippen molar-refractivity contribution in [3.63, 3.8) is 0 Å². The Morgan fingerprint density at radius 3 is 2.95 bits per heavy atom. The lowest BCUT2D eigenvalue weighted by molar-refractivity contribution is -0.128. The minimum absolute atomic E-state index is 0.149. The number of benzene rings is 1. The lowest BCUT2D eigenvalue weighted by Crippen LogP contribution is -2.52. The summed E-state index contributed by atoms with van der Waals surface area (Å²) >= 11 is 9.59. The summed E-state index contributed by atoms with van der Waals surface area (Å²) in [6.07, 6.45) is 0.149. The highest BCUT2D eigenvalue weighted by Gasteiger charge is 2.32. The summed E-state index contributed by atoms with van der Waals surface area (Å²) in [5, 5.41) is 1.41. The third-order valence-electron chi connectivity index (χ3n) is 3.13. The van der Waals surface area contributed by atoms with Crippen molar-refractivity contribution in [3.05, 3.63) is 34.6 Å². The Hall–Kier alpha value is -0.160. The third kappa shape index (κ3) is 4.15. The molecule has 1 unspecified atom stereocenters. The summed E-state index contributed by atoms with van der Waals surface area (Å²) in [5.41, 5.74) is 0.629. The molecule has 1 aliphatic rings. The summed E-state index contributed by atoms with van der Waals surface area (Å²) in [4.78, 5) is 2.26. The fraction of sp³-hybridized carbons (Fsp3) is 0.571. The summed E-state index contributed by atoms with van der Waals surface area (Å²) < 4.78 is 19.2. The zero-order valence-corrected chi connectivity index (χ0v) is 13.5. The molecule has 1 aromatic rings. The van der Waals surface area contributed by atoms with Crippen LogP contribution in [0.1, 0.15) is 19.4 Å². The quantitative estimate of drug-likeness (QED) is 0.768. The van der Waals surface area contributed by atoms with Gasteiger partial charge in [-0.1, -0.05) is 27.5 Å². The molecule has 1 aliphatic heterocycles. The van der Waals surface area contributed by atoms with Crippen LogP contribution in [0.3, 0.4) is 0 Å². The second-order valence-electron chi connectivity index (χ2n) is 5.56. The van der Waals surface area contributed by atoms with Crippen molar-refractivity contribution < 1.29 is 9.13 Å². The number of morpholine rings is 1. The number of rotatable bonds is 3. The Morgan fingerprint density at radius 2 is 2.26 bits per heavy atom. The monoisotopic (exact) mass is 349 g/mol. The van der Waals surface area contributed by atoms with Gasteiger partial charge in [-0.2, -0.15) is 0 Å². The Bertz CT molecular complexity index is 455. The fourth-order valence-electron chi connectivity index (χ4n) is 2.52. The van der Waals surface area contributed by atoms with Crippen molar-refractivity contribution in [1.29, 1.82) is 0 Å². The van der Waals surface area contributed by atoms with Crippen molar-refractivity contribution in [2.45, 2.75) is 32.1 Å². The van der Waals surface area contributed by atoms with Gasteiger partial charge in [-0.05, 0) is 37.6 Å². The summed E-state index contributed by atoms with van der Waals surface area (Å²) in [7, 11) is 0. The first-order chi connectivity index (χ1) is 8.89. The maximum atomic E-state index is 13.3. The molecule has 0 spiro atoms. The van der Waals surface area contributed by atoms with E-state index in [1.807, 2.05) is 0 Å². The van der Waals surface area contributed by atoms with E-state index in [0.29, 0.717) is 11.6 Å². The number of halogens is 3. The highest BCUT2D eigenvalue weighted by atomic mass is 79.9. The van der Waals surface area contributed by atoms with Crippen LogP contribution in [0.4, 0.5) is 4.39 Å². The van der Waals surface area contributed by atoms with E-state index in [4.69, 9.17) is 16.3 Å². The first kappa shape index (κ1) is 15.2. The van der Waals surface area contributed by atoms with Crippen molar-refractivity contribution in [2.24, 2.45) is 0 Å². The maximum absolute atomic E-state index is 13.3. The standard InChI is InChI=1S/C14H18BrClFNO/c1-14(2)9-18(8-12(6-15)19-14)7-10-5-11(17)3-4-13(10)16/h3-5,12H,6-9H2,1-2H3. The molecule has 0 bridgehead atoms. The van der Waals surface area contributed by atoms with Gasteiger partial charge in [0.05, 0.1) is 11.7 Å². The minimum Gasteiger partial charge on any atom is -0.369 e. The van der Waals surface area contributed by atoms with Crippen LogP contribution in [-0.4, -0.2) is 35.0 Å². The van der Waals surface area contributed by atoms with Crippen molar-refractivity contribution in [1.82, 2.24) is 4.90 Å². The Balaban J connectivity index is 2.11. The highest BCUT2D eigenvalue weighted by molar-refractivity contribution is 9.09. The van der Waals surface area contributed by atoms with Crippen LogP contribution in [0.25, 0.3) is 0 Å². The van der Waals surface area contributed by atoms with Crippen molar-refractivity contribution >= 4 is 27.5 Å². The second kappa shape index (κ2) is 6.08. The SMILES string of the molecule is CC1(C)CN(Cc2cc(F)ccc2Cl)CC(CBr)O1. The van der Waals surface area contributed by atoms with E-state index in [9.17, 15) is 4.39 Å². The molecule has 2 nitrogen and oxygen atoms in total. The summed E-state index contributed by atoms with van der Waals surface area (Å²) in [5.74, 6) is -0.246. The van der Waals surface area contributed by atoms with Crippen LogP contribution in [0.5, 0.6) is 0 Å². The van der Waals surface area contributed by atoms with Crippen LogP contribution in [0, 0.1) is 5.82 Å². The van der Waals surface area contributed by atoms with Crippen LogP contribution in [0.15, 0.2) is 18.2 Å². The first-order valence-electron chi connectivity index (χ1n) is 6.30. The molecule has 19 heavy (non-hydrogen) atoms. The molecule has 1 aromatic carbocycles. The summed E-state index contributed by atoms with van der Waals surface area (Å²) in [6, 6.07) is 4.50. The van der Waals surface area contributed by atoms with Gasteiger partial charge in [-0.25, -0.2) is 4.39 Å². The van der Waals surface area contributed by atoms with Crippen molar-refractivity contribution in [2.75, 3.05) is 18.4 Å². The molecular formula is C14H18BrClFNO. The van der Waals surface area contributed by atoms with Gasteiger partial charge in [0.15, 0.2) is 0 Å². The number of nitrogens with zero attached hydrogens (tertiary/aromatic N) is 1. The molecule has 5 heteroatoms. The van der Waals surface area contributed by atoms with E-state index in [1.54, 1.807) is 6.07 Å². The third-order valence-corrected chi connectivity index (χ3v) is 4.22. The summed E-state index contributed by atoms with van der Waals surface area (Å²) in [6.45, 7) is 6.42. The van der Waals surface area contributed by atoms with E-state index in [1.165, 1.54) is 12.1 Å². The number of hydrogen-bond acceptors (Lipinski definition) is 2. The van der Waals surface area contributed by atoms with Gasteiger partial charge in [-0.3, -0.25) is 4.90 Å². The van der Waals surface area contributed by atoms with E-state index in [2.05, 4.69) is 34.7 Å². The van der Waals surface area contributed by atoms with Crippen LogP contribution in [0.2, 0.25) is 5.02 Å². The molecule has 1 saturated heterocycles. The van der Waals surface area contributed by atoms with Gasteiger partial charge in [0.1, 0.15) is 5.82 Å². The zero-order valence-electron chi connectivity index (χ0n) is 11.1. The van der Waals surface area contributed by atoms with Crippen LogP contribution in [-0.2, 0) is 11.3 Å². The molecule has 0 radical (unpaired) electrons. The number of alkyl halides is 1. The lowest BCUT2D eigenvalue weighted by Gasteiger charge is -2.42. The molecule has 106 valence electrons. The molecule has 0 aromatic heterocycles. The van der Waals surface area contributed by atoms with E-state index in [0.717, 1.165) is 24.0 Å². The van der Waals surface area contributed by atoms with Gasteiger partial charge < -0.3 is 4.74 Å². The largest absolute Gasteiger partial charge is 0.369 e. The molecule has 0 aliphatic carbocycles. The van der Waals surface area contributed by atoms with E-state index >= 15 is 0 Å². The molecule has 0 amide bonds. The van der Waals surface area contributed by atoms with Crippen molar-refractivity contribution in [3.8, 4) is 0 Å². The average Bonchev–Trinajstić information content (AvgIpc) is 2.32. The molecule has 0 N–H and O–H groups in total. The van der Waals surface area contributed by atoms with Gasteiger partial charge in [0.2, 0.25) is 0 Å². The van der Waals surface area contributed by atoms with Gasteiger partial charge in [0, 0.05) is 30.0 Å². The minimum atomic E-state index is -0.246. The Kier molecular flexibility index (Phi) is 4.88.